The molecular formula is C14H29NO. The predicted octanol–water partition coefficient (Wildman–Crippen LogP) is 3.10. The Morgan fingerprint density at radius 1 is 1.06 bits per heavy atom. The summed E-state index contributed by atoms with van der Waals surface area (Å²) in [5, 5.41) is 14.0. The first-order valence-corrected chi connectivity index (χ1v) is 6.98. The van der Waals surface area contributed by atoms with Crippen molar-refractivity contribution < 1.29 is 5.11 Å². The molecule has 16 heavy (non-hydrogen) atoms. The van der Waals surface area contributed by atoms with Crippen LogP contribution in [0, 0.1) is 5.92 Å². The Morgan fingerprint density at radius 2 is 1.62 bits per heavy atom. The van der Waals surface area contributed by atoms with E-state index in [1.807, 2.05) is 0 Å². The van der Waals surface area contributed by atoms with Crippen molar-refractivity contribution in [1.82, 2.24) is 5.32 Å². The van der Waals surface area contributed by atoms with Gasteiger partial charge in [0.05, 0.1) is 5.60 Å². The van der Waals surface area contributed by atoms with E-state index in [4.69, 9.17) is 0 Å². The Bertz CT molecular complexity index is 183. The molecule has 0 aromatic rings. The SMILES string of the molecule is CC(C)CC(C)NCC1(O)CCCCCC1. The van der Waals surface area contributed by atoms with E-state index in [0.717, 1.165) is 25.3 Å². The van der Waals surface area contributed by atoms with E-state index in [1.165, 1.54) is 32.1 Å². The van der Waals surface area contributed by atoms with E-state index in [2.05, 4.69) is 26.1 Å². The molecule has 1 aliphatic rings. The molecule has 96 valence electrons. The highest BCUT2D eigenvalue weighted by Crippen LogP contribution is 2.26. The van der Waals surface area contributed by atoms with Gasteiger partial charge in [-0.15, -0.1) is 0 Å². The van der Waals surface area contributed by atoms with E-state index >= 15 is 0 Å². The summed E-state index contributed by atoms with van der Waals surface area (Å²) in [4.78, 5) is 0. The third-order valence-corrected chi connectivity index (χ3v) is 3.64. The van der Waals surface area contributed by atoms with Crippen molar-refractivity contribution in [2.75, 3.05) is 6.54 Å². The van der Waals surface area contributed by atoms with Crippen molar-refractivity contribution in [2.45, 2.75) is 77.4 Å². The number of hydrogen-bond acceptors (Lipinski definition) is 2. The lowest BCUT2D eigenvalue weighted by atomic mass is 9.94. The highest BCUT2D eigenvalue weighted by molar-refractivity contribution is 4.84. The molecule has 1 rings (SSSR count). The van der Waals surface area contributed by atoms with Gasteiger partial charge >= 0.3 is 0 Å². The molecule has 0 amide bonds. The van der Waals surface area contributed by atoms with Gasteiger partial charge in [-0.05, 0) is 32.1 Å². The van der Waals surface area contributed by atoms with Gasteiger partial charge in [0, 0.05) is 12.6 Å². The van der Waals surface area contributed by atoms with Crippen molar-refractivity contribution in [1.29, 1.82) is 0 Å². The van der Waals surface area contributed by atoms with E-state index < -0.39 is 5.60 Å². The Labute approximate surface area is 101 Å². The van der Waals surface area contributed by atoms with Crippen LogP contribution >= 0.6 is 0 Å². The lowest BCUT2D eigenvalue weighted by Gasteiger charge is -2.29. The van der Waals surface area contributed by atoms with E-state index in [0.29, 0.717) is 6.04 Å². The molecule has 1 unspecified atom stereocenters. The Hall–Kier alpha value is -0.0800. The van der Waals surface area contributed by atoms with Gasteiger partial charge < -0.3 is 10.4 Å². The van der Waals surface area contributed by atoms with Crippen LogP contribution in [0.25, 0.3) is 0 Å². The monoisotopic (exact) mass is 227 g/mol. The van der Waals surface area contributed by atoms with Crippen LogP contribution in [0.1, 0.15) is 65.7 Å². The van der Waals surface area contributed by atoms with Crippen LogP contribution in [0.3, 0.4) is 0 Å². The molecule has 2 N–H and O–H groups in total. The standard InChI is InChI=1S/C14H29NO/c1-12(2)10-13(3)15-11-14(16)8-6-4-5-7-9-14/h12-13,15-16H,4-11H2,1-3H3. The summed E-state index contributed by atoms with van der Waals surface area (Å²) in [7, 11) is 0. The number of aliphatic hydroxyl groups is 1. The van der Waals surface area contributed by atoms with Gasteiger partial charge in [0.2, 0.25) is 0 Å². The lowest BCUT2D eigenvalue weighted by molar-refractivity contribution is 0.0226. The zero-order chi connectivity index (χ0) is 12.0. The Balaban J connectivity index is 2.28. The Kier molecular flexibility index (Phi) is 5.77. The number of nitrogens with one attached hydrogen (secondary N) is 1. The second-order valence-corrected chi connectivity index (χ2v) is 6.05. The molecule has 0 aliphatic heterocycles. The normalized spacial score (nSPS) is 23.1. The van der Waals surface area contributed by atoms with Crippen LogP contribution in [0.5, 0.6) is 0 Å². The molecule has 0 aromatic heterocycles. The quantitative estimate of drug-likeness (QED) is 0.707. The van der Waals surface area contributed by atoms with Gasteiger partial charge in [-0.3, -0.25) is 0 Å². The zero-order valence-corrected chi connectivity index (χ0v) is 11.3. The van der Waals surface area contributed by atoms with Gasteiger partial charge in [-0.1, -0.05) is 39.5 Å². The minimum Gasteiger partial charge on any atom is -0.389 e. The third kappa shape index (κ3) is 5.31. The maximum atomic E-state index is 10.5. The smallest absolute Gasteiger partial charge is 0.0771 e. The van der Waals surface area contributed by atoms with Crippen LogP contribution < -0.4 is 5.32 Å². The van der Waals surface area contributed by atoms with Crippen molar-refractivity contribution in [3.05, 3.63) is 0 Å². The number of rotatable bonds is 5. The molecule has 0 radical (unpaired) electrons. The molecule has 0 spiro atoms. The molecule has 1 aliphatic carbocycles. The van der Waals surface area contributed by atoms with Gasteiger partial charge in [0.1, 0.15) is 0 Å². The lowest BCUT2D eigenvalue weighted by Crippen LogP contribution is -2.43. The molecule has 1 atom stereocenters. The summed E-state index contributed by atoms with van der Waals surface area (Å²) in [6.45, 7) is 7.50. The largest absolute Gasteiger partial charge is 0.389 e. The van der Waals surface area contributed by atoms with E-state index in [9.17, 15) is 5.11 Å². The highest BCUT2D eigenvalue weighted by Gasteiger charge is 2.27. The summed E-state index contributed by atoms with van der Waals surface area (Å²) in [6.07, 6.45) is 8.13. The fraction of sp³-hybridized carbons (Fsp3) is 1.00. The summed E-state index contributed by atoms with van der Waals surface area (Å²) < 4.78 is 0. The predicted molar refractivity (Wildman–Crippen MR) is 69.6 cm³/mol. The third-order valence-electron chi connectivity index (χ3n) is 3.64. The fourth-order valence-electron chi connectivity index (χ4n) is 2.72. The van der Waals surface area contributed by atoms with Crippen LogP contribution in [0.2, 0.25) is 0 Å². The van der Waals surface area contributed by atoms with Crippen LogP contribution in [-0.4, -0.2) is 23.3 Å². The van der Waals surface area contributed by atoms with Crippen molar-refractivity contribution in [3.63, 3.8) is 0 Å². The molecule has 1 fully saturated rings. The summed E-state index contributed by atoms with van der Waals surface area (Å²) in [5.74, 6) is 0.728. The molecule has 2 heteroatoms. The van der Waals surface area contributed by atoms with E-state index in [1.54, 1.807) is 0 Å². The maximum absolute atomic E-state index is 10.5. The van der Waals surface area contributed by atoms with Gasteiger partial charge in [-0.25, -0.2) is 0 Å². The highest BCUT2D eigenvalue weighted by atomic mass is 16.3. The van der Waals surface area contributed by atoms with Gasteiger partial charge in [0.25, 0.3) is 0 Å². The van der Waals surface area contributed by atoms with Gasteiger partial charge in [0.15, 0.2) is 0 Å². The average Bonchev–Trinajstić information content (AvgIpc) is 2.40. The van der Waals surface area contributed by atoms with Crippen molar-refractivity contribution >= 4 is 0 Å². The zero-order valence-electron chi connectivity index (χ0n) is 11.3. The molecule has 2 nitrogen and oxygen atoms in total. The first-order chi connectivity index (χ1) is 7.52. The van der Waals surface area contributed by atoms with Crippen LogP contribution in [0.15, 0.2) is 0 Å². The average molecular weight is 227 g/mol. The van der Waals surface area contributed by atoms with Crippen molar-refractivity contribution in [3.8, 4) is 0 Å². The maximum Gasteiger partial charge on any atom is 0.0771 e. The van der Waals surface area contributed by atoms with Crippen LogP contribution in [0.4, 0.5) is 0 Å². The molecule has 1 saturated carbocycles. The molecule has 0 saturated heterocycles. The van der Waals surface area contributed by atoms with Crippen LogP contribution in [-0.2, 0) is 0 Å². The second kappa shape index (κ2) is 6.61. The Morgan fingerprint density at radius 3 is 2.12 bits per heavy atom. The first-order valence-electron chi connectivity index (χ1n) is 6.98. The van der Waals surface area contributed by atoms with Crippen molar-refractivity contribution in [2.24, 2.45) is 5.92 Å². The molecule has 0 heterocycles. The second-order valence-electron chi connectivity index (χ2n) is 6.05. The molecule has 0 bridgehead atoms. The summed E-state index contributed by atoms with van der Waals surface area (Å²) >= 11 is 0. The minimum atomic E-state index is -0.429. The topological polar surface area (TPSA) is 32.3 Å². The van der Waals surface area contributed by atoms with Gasteiger partial charge in [-0.2, -0.15) is 0 Å². The summed E-state index contributed by atoms with van der Waals surface area (Å²) in [5.41, 5.74) is -0.429. The minimum absolute atomic E-state index is 0.429. The number of hydrogen-bond donors (Lipinski definition) is 2. The fourth-order valence-corrected chi connectivity index (χ4v) is 2.72. The molecule has 0 aromatic carbocycles. The summed E-state index contributed by atoms with van der Waals surface area (Å²) in [6, 6.07) is 0.521. The molecular weight excluding hydrogens is 198 g/mol. The van der Waals surface area contributed by atoms with E-state index in [-0.39, 0.29) is 0 Å². The first kappa shape index (κ1) is 14.0.